The molecule has 1 fully saturated rings. The van der Waals surface area contributed by atoms with Gasteiger partial charge in [-0.25, -0.2) is 0 Å². The molecule has 0 aliphatic carbocycles. The fourth-order valence-corrected chi connectivity index (χ4v) is 1.89. The number of hydrogen-bond donors (Lipinski definition) is 1. The third kappa shape index (κ3) is 4.21. The van der Waals surface area contributed by atoms with Crippen LogP contribution in [0.3, 0.4) is 0 Å². The lowest BCUT2D eigenvalue weighted by Crippen LogP contribution is -2.24. The molecule has 0 aromatic rings. The minimum atomic E-state index is 0. The van der Waals surface area contributed by atoms with Gasteiger partial charge in [-0.2, -0.15) is 0 Å². The normalized spacial score (nSPS) is 30.4. The molecule has 1 aliphatic rings. The van der Waals surface area contributed by atoms with E-state index in [1.807, 2.05) is 0 Å². The highest BCUT2D eigenvalue weighted by Crippen LogP contribution is 2.26. The molecule has 0 aromatic heterocycles. The lowest BCUT2D eigenvalue weighted by molar-refractivity contribution is 0.0239. The zero-order chi connectivity index (χ0) is 11.4. The first-order chi connectivity index (χ1) is 7.04. The number of nitrogens with one attached hydrogen (secondary N) is 1. The lowest BCUT2D eigenvalue weighted by Gasteiger charge is -2.14. The minimum absolute atomic E-state index is 0. The first-order valence-electron chi connectivity index (χ1n) is 6.12. The Morgan fingerprint density at radius 1 is 1.50 bits per heavy atom. The molecule has 0 amide bonds. The zero-order valence-electron chi connectivity index (χ0n) is 11.3. The first kappa shape index (κ1) is 15.6. The van der Waals surface area contributed by atoms with Crippen molar-refractivity contribution in [3.05, 3.63) is 11.8 Å². The van der Waals surface area contributed by atoms with Gasteiger partial charge >= 0.3 is 0 Å². The van der Waals surface area contributed by atoms with E-state index >= 15 is 0 Å². The van der Waals surface area contributed by atoms with Crippen LogP contribution in [0.25, 0.3) is 0 Å². The Balaban J connectivity index is 0.00000225. The maximum Gasteiger partial charge on any atom is 0.127 e. The molecule has 2 nitrogen and oxygen atoms in total. The van der Waals surface area contributed by atoms with E-state index in [-0.39, 0.29) is 14.6 Å². The Hall–Kier alpha value is -0.435. The molecule has 0 saturated carbocycles. The van der Waals surface area contributed by atoms with Crippen molar-refractivity contribution < 1.29 is 4.74 Å². The highest BCUT2D eigenvalue weighted by Gasteiger charge is 2.29. The molecule has 0 spiro atoms. The van der Waals surface area contributed by atoms with E-state index in [0.29, 0.717) is 17.9 Å². The second kappa shape index (κ2) is 7.00. The van der Waals surface area contributed by atoms with Crippen LogP contribution in [0.2, 0.25) is 0 Å². The summed E-state index contributed by atoms with van der Waals surface area (Å²) >= 11 is 0. The number of ether oxygens (including phenoxy) is 1. The molecule has 91 valence electrons. The van der Waals surface area contributed by atoms with Crippen molar-refractivity contribution in [1.82, 2.24) is 5.32 Å². The molecule has 1 rings (SSSR count). The molecule has 3 heteroatoms. The molecular weight excluding hydrogens is 197 g/mol. The standard InChI is InChI=1S/C13H25NO.B/c1-6-12-10(4)7-13(15-12)14-8-11(5)9(2)3;/h8-10,12-14H,6-7H2,1-5H3;/b11-8+;. The molecule has 1 heterocycles. The van der Waals surface area contributed by atoms with Gasteiger partial charge < -0.3 is 10.1 Å². The van der Waals surface area contributed by atoms with Gasteiger partial charge in [-0.1, -0.05) is 33.3 Å². The van der Waals surface area contributed by atoms with Gasteiger partial charge in [0, 0.05) is 8.41 Å². The summed E-state index contributed by atoms with van der Waals surface area (Å²) in [5.41, 5.74) is 1.38. The quantitative estimate of drug-likeness (QED) is 0.738. The van der Waals surface area contributed by atoms with Crippen LogP contribution in [-0.4, -0.2) is 20.7 Å². The Kier molecular flexibility index (Phi) is 6.81. The summed E-state index contributed by atoms with van der Waals surface area (Å²) < 4.78 is 5.90. The Labute approximate surface area is 102 Å². The van der Waals surface area contributed by atoms with Gasteiger partial charge in [0.05, 0.1) is 6.10 Å². The van der Waals surface area contributed by atoms with Crippen molar-refractivity contribution in [2.24, 2.45) is 11.8 Å². The largest absolute Gasteiger partial charge is 0.366 e. The van der Waals surface area contributed by atoms with Crippen LogP contribution < -0.4 is 5.32 Å². The third-order valence-corrected chi connectivity index (χ3v) is 3.37. The number of rotatable bonds is 4. The fraction of sp³-hybridized carbons (Fsp3) is 0.846. The monoisotopic (exact) mass is 222 g/mol. The SMILES string of the molecule is CCC1OC(N/C=C(\C)C(C)C)CC1C.[B]. The van der Waals surface area contributed by atoms with Crippen LogP contribution >= 0.6 is 0 Å². The molecular formula is C13H25BNO. The van der Waals surface area contributed by atoms with E-state index in [1.54, 1.807) is 0 Å². The molecule has 3 unspecified atom stereocenters. The van der Waals surface area contributed by atoms with E-state index < -0.39 is 0 Å². The van der Waals surface area contributed by atoms with E-state index in [1.165, 1.54) is 5.57 Å². The van der Waals surface area contributed by atoms with Gasteiger partial charge in [0.15, 0.2) is 0 Å². The molecule has 0 aromatic carbocycles. The average molecular weight is 222 g/mol. The molecule has 3 atom stereocenters. The van der Waals surface area contributed by atoms with Gasteiger partial charge in [0.25, 0.3) is 0 Å². The highest BCUT2D eigenvalue weighted by molar-refractivity contribution is 5.75. The molecule has 16 heavy (non-hydrogen) atoms. The summed E-state index contributed by atoms with van der Waals surface area (Å²) in [7, 11) is 0. The first-order valence-corrected chi connectivity index (χ1v) is 6.12. The fourth-order valence-electron chi connectivity index (χ4n) is 1.89. The predicted molar refractivity (Wildman–Crippen MR) is 70.2 cm³/mol. The molecule has 0 bridgehead atoms. The van der Waals surface area contributed by atoms with Crippen LogP contribution in [-0.2, 0) is 4.74 Å². The zero-order valence-corrected chi connectivity index (χ0v) is 11.3. The second-order valence-electron chi connectivity index (χ2n) is 4.99. The summed E-state index contributed by atoms with van der Waals surface area (Å²) in [5.74, 6) is 1.29. The van der Waals surface area contributed by atoms with Crippen molar-refractivity contribution in [1.29, 1.82) is 0 Å². The minimum Gasteiger partial charge on any atom is -0.366 e. The predicted octanol–water partition coefficient (Wildman–Crippen LogP) is 2.92. The van der Waals surface area contributed by atoms with Gasteiger partial charge in [-0.05, 0) is 37.8 Å². The van der Waals surface area contributed by atoms with E-state index in [0.717, 1.165) is 12.8 Å². The Bertz CT molecular complexity index is 228. The highest BCUT2D eigenvalue weighted by atomic mass is 16.5. The topological polar surface area (TPSA) is 21.3 Å². The smallest absolute Gasteiger partial charge is 0.127 e. The van der Waals surface area contributed by atoms with Crippen LogP contribution in [0.1, 0.15) is 47.5 Å². The van der Waals surface area contributed by atoms with E-state index in [9.17, 15) is 0 Å². The average Bonchev–Trinajstić information content (AvgIpc) is 2.55. The van der Waals surface area contributed by atoms with Crippen LogP contribution in [0, 0.1) is 11.8 Å². The maximum absolute atomic E-state index is 5.90. The molecule has 1 aliphatic heterocycles. The van der Waals surface area contributed by atoms with Gasteiger partial charge in [-0.3, -0.25) is 0 Å². The summed E-state index contributed by atoms with van der Waals surface area (Å²) in [6.45, 7) is 11.0. The Morgan fingerprint density at radius 3 is 2.56 bits per heavy atom. The van der Waals surface area contributed by atoms with Crippen molar-refractivity contribution >= 4 is 8.41 Å². The molecule has 3 radical (unpaired) electrons. The second-order valence-corrected chi connectivity index (χ2v) is 4.99. The summed E-state index contributed by atoms with van der Waals surface area (Å²) in [6.07, 6.45) is 5.01. The van der Waals surface area contributed by atoms with E-state index in [4.69, 9.17) is 4.74 Å². The molecule has 1 saturated heterocycles. The van der Waals surface area contributed by atoms with Crippen molar-refractivity contribution in [2.45, 2.75) is 59.8 Å². The van der Waals surface area contributed by atoms with Gasteiger partial charge in [0.1, 0.15) is 6.23 Å². The van der Waals surface area contributed by atoms with Gasteiger partial charge in [0.2, 0.25) is 0 Å². The third-order valence-electron chi connectivity index (χ3n) is 3.37. The summed E-state index contributed by atoms with van der Waals surface area (Å²) in [6, 6.07) is 0. The van der Waals surface area contributed by atoms with Crippen molar-refractivity contribution in [3.8, 4) is 0 Å². The van der Waals surface area contributed by atoms with Crippen LogP contribution in [0.5, 0.6) is 0 Å². The van der Waals surface area contributed by atoms with Gasteiger partial charge in [-0.15, -0.1) is 0 Å². The summed E-state index contributed by atoms with van der Waals surface area (Å²) in [4.78, 5) is 0. The van der Waals surface area contributed by atoms with Crippen molar-refractivity contribution in [3.63, 3.8) is 0 Å². The number of allylic oxidation sites excluding steroid dienone is 1. The van der Waals surface area contributed by atoms with E-state index in [2.05, 4.69) is 46.1 Å². The summed E-state index contributed by atoms with van der Waals surface area (Å²) in [5, 5.41) is 3.37. The molecule has 1 N–H and O–H groups in total. The Morgan fingerprint density at radius 2 is 2.12 bits per heavy atom. The lowest BCUT2D eigenvalue weighted by atomic mass is 10.0. The van der Waals surface area contributed by atoms with Crippen LogP contribution in [0.15, 0.2) is 11.8 Å². The number of hydrogen-bond acceptors (Lipinski definition) is 2. The van der Waals surface area contributed by atoms with Crippen molar-refractivity contribution in [2.75, 3.05) is 0 Å². The maximum atomic E-state index is 5.90. The van der Waals surface area contributed by atoms with Crippen LogP contribution in [0.4, 0.5) is 0 Å².